The van der Waals surface area contributed by atoms with Gasteiger partial charge >= 0.3 is 0 Å². The molecule has 0 spiro atoms. The third-order valence-corrected chi connectivity index (χ3v) is 3.07. The Balaban J connectivity index is 2.79. The number of rotatable bonds is 4. The number of benzene rings is 2. The van der Waals surface area contributed by atoms with Gasteiger partial charge in [0, 0.05) is 5.56 Å². The van der Waals surface area contributed by atoms with Crippen LogP contribution in [0.4, 0.5) is 0 Å². The van der Waals surface area contributed by atoms with E-state index in [1.807, 2.05) is 31.2 Å². The molecule has 0 radical (unpaired) electrons. The average Bonchev–Trinajstić information content (AvgIpc) is 2.38. The zero-order valence-electron chi connectivity index (χ0n) is 9.87. The van der Waals surface area contributed by atoms with Crippen LogP contribution in [0, 0.1) is 0 Å². The van der Waals surface area contributed by atoms with E-state index in [1.165, 1.54) is 5.39 Å². The number of hydrogen-bond donors (Lipinski definition) is 0. The molecule has 88 valence electrons. The van der Waals surface area contributed by atoms with Gasteiger partial charge in [0.2, 0.25) is 0 Å². The van der Waals surface area contributed by atoms with Gasteiger partial charge in [-0.3, -0.25) is 0 Å². The quantitative estimate of drug-likeness (QED) is 0.716. The van der Waals surface area contributed by atoms with Gasteiger partial charge in [0.15, 0.2) is 0 Å². The van der Waals surface area contributed by atoms with Gasteiger partial charge in [0.1, 0.15) is 5.75 Å². The predicted molar refractivity (Wildman–Crippen MR) is 74.8 cm³/mol. The Kier molecular flexibility index (Phi) is 3.70. The molecule has 0 aliphatic rings. The van der Waals surface area contributed by atoms with E-state index >= 15 is 0 Å². The number of alkyl halides is 1. The maximum atomic E-state index is 6.04. The Bertz CT molecular complexity index is 546. The minimum Gasteiger partial charge on any atom is -0.494 e. The van der Waals surface area contributed by atoms with E-state index in [-0.39, 0.29) is 0 Å². The van der Waals surface area contributed by atoms with Gasteiger partial charge in [-0.2, -0.15) is 0 Å². The summed E-state index contributed by atoms with van der Waals surface area (Å²) in [6.07, 6.45) is 1.85. The van der Waals surface area contributed by atoms with Crippen LogP contribution in [0.3, 0.4) is 0 Å². The first-order chi connectivity index (χ1) is 8.31. The molecule has 2 heteroatoms. The first-order valence-corrected chi connectivity index (χ1v) is 6.21. The van der Waals surface area contributed by atoms with Crippen molar-refractivity contribution in [2.45, 2.75) is 12.8 Å². The van der Waals surface area contributed by atoms with Gasteiger partial charge in [0.25, 0.3) is 0 Å². The highest BCUT2D eigenvalue weighted by molar-refractivity contribution is 6.18. The molecule has 2 aromatic carbocycles. The summed E-state index contributed by atoms with van der Waals surface area (Å²) in [6, 6.07) is 10.2. The molecule has 2 aromatic rings. The highest BCUT2D eigenvalue weighted by Crippen LogP contribution is 2.33. The van der Waals surface area contributed by atoms with Crippen molar-refractivity contribution < 1.29 is 4.74 Å². The Morgan fingerprint density at radius 3 is 2.59 bits per heavy atom. The van der Waals surface area contributed by atoms with Crippen LogP contribution in [0.1, 0.15) is 18.1 Å². The molecule has 0 aliphatic carbocycles. The lowest BCUT2D eigenvalue weighted by Gasteiger charge is -2.13. The van der Waals surface area contributed by atoms with E-state index in [0.29, 0.717) is 12.5 Å². The van der Waals surface area contributed by atoms with Crippen LogP contribution in [0.15, 0.2) is 36.9 Å². The molecule has 0 atom stereocenters. The molecule has 0 amide bonds. The van der Waals surface area contributed by atoms with E-state index in [0.717, 1.165) is 22.3 Å². The fraction of sp³-hybridized carbons (Fsp3) is 0.200. The number of fused-ring (bicyclic) bond motifs is 1. The van der Waals surface area contributed by atoms with Gasteiger partial charge in [-0.1, -0.05) is 36.9 Å². The second-order valence-corrected chi connectivity index (χ2v) is 4.03. The van der Waals surface area contributed by atoms with Crippen molar-refractivity contribution in [3.63, 3.8) is 0 Å². The summed E-state index contributed by atoms with van der Waals surface area (Å²) in [4.78, 5) is 0. The van der Waals surface area contributed by atoms with Crippen LogP contribution >= 0.6 is 11.6 Å². The molecule has 0 aliphatic heterocycles. The maximum absolute atomic E-state index is 6.04. The molecule has 0 heterocycles. The van der Waals surface area contributed by atoms with E-state index in [1.54, 1.807) is 0 Å². The molecule has 0 aromatic heterocycles. The lowest BCUT2D eigenvalue weighted by Crippen LogP contribution is -1.97. The Morgan fingerprint density at radius 2 is 2.00 bits per heavy atom. The van der Waals surface area contributed by atoms with Crippen molar-refractivity contribution in [1.29, 1.82) is 0 Å². The summed E-state index contributed by atoms with van der Waals surface area (Å²) in [5.74, 6) is 1.31. The van der Waals surface area contributed by atoms with Crippen LogP contribution in [0.25, 0.3) is 16.8 Å². The van der Waals surface area contributed by atoms with Gasteiger partial charge in [-0.05, 0) is 29.3 Å². The molecular weight excluding hydrogens is 232 g/mol. The fourth-order valence-corrected chi connectivity index (χ4v) is 2.30. The zero-order chi connectivity index (χ0) is 12.3. The van der Waals surface area contributed by atoms with Crippen LogP contribution in [-0.2, 0) is 5.88 Å². The first-order valence-electron chi connectivity index (χ1n) is 5.67. The second kappa shape index (κ2) is 5.24. The predicted octanol–water partition coefficient (Wildman–Crippen LogP) is 4.62. The number of halogens is 1. The topological polar surface area (TPSA) is 9.23 Å². The Labute approximate surface area is 107 Å². The van der Waals surface area contributed by atoms with Gasteiger partial charge < -0.3 is 4.74 Å². The van der Waals surface area contributed by atoms with Crippen LogP contribution in [-0.4, -0.2) is 6.61 Å². The van der Waals surface area contributed by atoms with Gasteiger partial charge in [-0.15, -0.1) is 11.6 Å². The lowest BCUT2D eigenvalue weighted by atomic mass is 9.99. The van der Waals surface area contributed by atoms with Crippen molar-refractivity contribution in [3.8, 4) is 5.75 Å². The summed E-state index contributed by atoms with van der Waals surface area (Å²) < 4.78 is 5.65. The third-order valence-electron chi connectivity index (χ3n) is 2.80. The summed E-state index contributed by atoms with van der Waals surface area (Å²) >= 11 is 6.04. The summed E-state index contributed by atoms with van der Waals surface area (Å²) in [5, 5.41) is 2.31. The summed E-state index contributed by atoms with van der Waals surface area (Å²) in [5.41, 5.74) is 2.13. The molecule has 0 bridgehead atoms. The molecule has 1 nitrogen and oxygen atoms in total. The van der Waals surface area contributed by atoms with Crippen molar-refractivity contribution in [2.75, 3.05) is 6.61 Å². The third kappa shape index (κ3) is 2.16. The molecule has 0 saturated heterocycles. The summed E-state index contributed by atoms with van der Waals surface area (Å²) in [7, 11) is 0. The molecule has 0 fully saturated rings. The molecule has 2 rings (SSSR count). The first kappa shape index (κ1) is 12.0. The van der Waals surface area contributed by atoms with E-state index in [2.05, 4.69) is 18.7 Å². The molecule has 0 unspecified atom stereocenters. The Morgan fingerprint density at radius 1 is 1.29 bits per heavy atom. The van der Waals surface area contributed by atoms with Crippen LogP contribution < -0.4 is 4.74 Å². The molecule has 17 heavy (non-hydrogen) atoms. The highest BCUT2D eigenvalue weighted by Gasteiger charge is 2.10. The largest absolute Gasteiger partial charge is 0.494 e. The summed E-state index contributed by atoms with van der Waals surface area (Å²) in [6.45, 7) is 6.46. The van der Waals surface area contributed by atoms with Crippen LogP contribution in [0.5, 0.6) is 5.75 Å². The highest BCUT2D eigenvalue weighted by atomic mass is 35.5. The molecular formula is C15H15ClO. The van der Waals surface area contributed by atoms with Crippen LogP contribution in [0.2, 0.25) is 0 Å². The van der Waals surface area contributed by atoms with E-state index in [4.69, 9.17) is 16.3 Å². The van der Waals surface area contributed by atoms with Crippen molar-refractivity contribution in [3.05, 3.63) is 48.0 Å². The average molecular weight is 247 g/mol. The SMILES string of the molecule is C=Cc1cc(OCC)c(CCl)c2ccccc12. The molecule has 0 N–H and O–H groups in total. The lowest BCUT2D eigenvalue weighted by molar-refractivity contribution is 0.338. The standard InChI is InChI=1S/C15H15ClO/c1-3-11-9-15(17-4-2)14(10-16)13-8-6-5-7-12(11)13/h3,5-9H,1,4,10H2,2H3. The maximum Gasteiger partial charge on any atom is 0.124 e. The van der Waals surface area contributed by atoms with Gasteiger partial charge in [-0.25, -0.2) is 0 Å². The van der Waals surface area contributed by atoms with E-state index in [9.17, 15) is 0 Å². The number of ether oxygens (including phenoxy) is 1. The second-order valence-electron chi connectivity index (χ2n) is 3.76. The minimum atomic E-state index is 0.452. The van der Waals surface area contributed by atoms with Crippen molar-refractivity contribution in [1.82, 2.24) is 0 Å². The Hall–Kier alpha value is -1.47. The zero-order valence-corrected chi connectivity index (χ0v) is 10.6. The van der Waals surface area contributed by atoms with Crippen molar-refractivity contribution in [2.24, 2.45) is 0 Å². The normalized spacial score (nSPS) is 10.5. The fourth-order valence-electron chi connectivity index (χ4n) is 2.03. The monoisotopic (exact) mass is 246 g/mol. The molecule has 0 saturated carbocycles. The number of hydrogen-bond acceptors (Lipinski definition) is 1. The van der Waals surface area contributed by atoms with E-state index < -0.39 is 0 Å². The van der Waals surface area contributed by atoms with Gasteiger partial charge in [0.05, 0.1) is 12.5 Å². The smallest absolute Gasteiger partial charge is 0.124 e. The van der Waals surface area contributed by atoms with Crippen molar-refractivity contribution >= 4 is 28.4 Å². The minimum absolute atomic E-state index is 0.452.